The Bertz CT molecular complexity index is 13.5. The minimum Gasteiger partial charge on any atom is -0.379 e. The van der Waals surface area contributed by atoms with Gasteiger partial charge in [0.15, 0.2) is 5.34 Å². The van der Waals surface area contributed by atoms with Crippen molar-refractivity contribution in [3.8, 4) is 0 Å². The van der Waals surface area contributed by atoms with Crippen molar-refractivity contribution in [1.82, 2.24) is 0 Å². The molecule has 0 bridgehead atoms. The predicted octanol–water partition coefficient (Wildman–Crippen LogP) is -0.239. The summed E-state index contributed by atoms with van der Waals surface area (Å²) in [6, 6.07) is 0. The Hall–Kier alpha value is 0.190. The van der Waals surface area contributed by atoms with Crippen LogP contribution in [-0.2, 0) is 0 Å². The summed E-state index contributed by atoms with van der Waals surface area (Å²) >= 11 is 0. The molecule has 0 heterocycles. The zero-order valence-corrected chi connectivity index (χ0v) is 4.04. The number of nitrogens with zero attached hydrogens (tertiary/aromatic N) is 1. The molecule has 0 saturated heterocycles. The standard InChI is InChI=1S/HNO2.Te/c2-1-3;/h(H,2,3);. The van der Waals surface area contributed by atoms with Crippen LogP contribution in [0.15, 0.2) is 5.34 Å². The van der Waals surface area contributed by atoms with Crippen molar-refractivity contribution in [2.45, 2.75) is 0 Å². The molecule has 0 aromatic carbocycles. The van der Waals surface area contributed by atoms with E-state index in [9.17, 15) is 0 Å². The smallest absolute Gasteiger partial charge is 0.152 e. The maximum absolute atomic E-state index is 8.11. The Morgan fingerprint density at radius 1 is 1.75 bits per heavy atom. The third-order valence-corrected chi connectivity index (χ3v) is 0. The second-order valence-corrected chi connectivity index (χ2v) is 0.0816. The van der Waals surface area contributed by atoms with E-state index in [0.29, 0.717) is 0 Å². The molecule has 0 fully saturated rings. The summed E-state index contributed by atoms with van der Waals surface area (Å²) in [7, 11) is 0. The van der Waals surface area contributed by atoms with E-state index in [1.807, 2.05) is 0 Å². The van der Waals surface area contributed by atoms with Crippen LogP contribution >= 0.6 is 0 Å². The quantitative estimate of drug-likeness (QED) is 0.313. The fourth-order valence-corrected chi connectivity index (χ4v) is 0. The first-order valence-electron chi connectivity index (χ1n) is 0.383. The van der Waals surface area contributed by atoms with Crippen molar-refractivity contribution in [2.75, 3.05) is 0 Å². The van der Waals surface area contributed by atoms with Gasteiger partial charge in [0.2, 0.25) is 0 Å². The average Bonchev–Trinajstić information content (AvgIpc) is 0.918. The van der Waals surface area contributed by atoms with Crippen LogP contribution in [0.3, 0.4) is 0 Å². The van der Waals surface area contributed by atoms with Gasteiger partial charge in [-0.3, -0.25) is 0 Å². The summed E-state index contributed by atoms with van der Waals surface area (Å²) in [6.45, 7) is 0. The molecule has 0 saturated carbocycles. The zero-order chi connectivity index (χ0) is 2.71. The molecule has 2 radical (unpaired) electrons. The van der Waals surface area contributed by atoms with Gasteiger partial charge in [0.05, 0.1) is 0 Å². The number of hydrogen-bond donors (Lipinski definition) is 1. The summed E-state index contributed by atoms with van der Waals surface area (Å²) in [5.74, 6) is 0. The molecule has 0 amide bonds. The molecule has 4 heteroatoms. The van der Waals surface area contributed by atoms with Gasteiger partial charge in [-0.15, -0.1) is 4.91 Å². The Morgan fingerprint density at radius 2 is 1.75 bits per heavy atom. The SMILES string of the molecule is O=NO.[Te]. The molecular formula is HNO2Te. The predicted molar refractivity (Wildman–Crippen MR) is 13.3 cm³/mol. The monoisotopic (exact) mass is 177 g/mol. The zero-order valence-electron chi connectivity index (χ0n) is 1.71. The van der Waals surface area contributed by atoms with Crippen molar-refractivity contribution < 1.29 is 5.21 Å². The van der Waals surface area contributed by atoms with Crippen LogP contribution in [0.5, 0.6) is 0 Å². The van der Waals surface area contributed by atoms with E-state index in [1.54, 1.807) is 0 Å². The molecule has 0 atom stereocenters. The molecular weight excluding hydrogens is 174 g/mol. The summed E-state index contributed by atoms with van der Waals surface area (Å²) in [4.78, 5) is 8.11. The first-order valence-corrected chi connectivity index (χ1v) is 0.383. The van der Waals surface area contributed by atoms with Gasteiger partial charge in [-0.2, -0.15) is 0 Å². The molecule has 0 aromatic rings. The van der Waals surface area contributed by atoms with Crippen molar-refractivity contribution in [2.24, 2.45) is 5.34 Å². The molecule has 4 heavy (non-hydrogen) atoms. The summed E-state index contributed by atoms with van der Waals surface area (Å²) < 4.78 is 0. The molecule has 0 aliphatic heterocycles. The molecule has 1 N–H and O–H groups in total. The van der Waals surface area contributed by atoms with Gasteiger partial charge in [0, 0.05) is 23.7 Å². The van der Waals surface area contributed by atoms with Gasteiger partial charge in [-0.05, 0) is 0 Å². The normalized spacial score (nSPS) is 3.00. The molecule has 0 aliphatic rings. The van der Waals surface area contributed by atoms with E-state index in [4.69, 9.17) is 10.1 Å². The maximum Gasteiger partial charge on any atom is 0.152 e. The van der Waals surface area contributed by atoms with Crippen molar-refractivity contribution in [3.63, 3.8) is 0 Å². The van der Waals surface area contributed by atoms with Crippen LogP contribution in [0.4, 0.5) is 0 Å². The van der Waals surface area contributed by atoms with Crippen LogP contribution in [0, 0.1) is 4.91 Å². The summed E-state index contributed by atoms with van der Waals surface area (Å²) in [5.41, 5.74) is 0. The number of rotatable bonds is 0. The minimum absolute atomic E-state index is 0. The molecule has 0 aliphatic carbocycles. The van der Waals surface area contributed by atoms with Gasteiger partial charge in [0.25, 0.3) is 0 Å². The summed E-state index contributed by atoms with van der Waals surface area (Å²) in [6.07, 6.45) is 0. The first-order chi connectivity index (χ1) is 1.41. The van der Waals surface area contributed by atoms with E-state index >= 15 is 0 Å². The van der Waals surface area contributed by atoms with Crippen LogP contribution < -0.4 is 0 Å². The van der Waals surface area contributed by atoms with E-state index in [1.165, 1.54) is 5.34 Å². The van der Waals surface area contributed by atoms with Crippen LogP contribution in [0.25, 0.3) is 0 Å². The Labute approximate surface area is 39.7 Å². The molecule has 0 unspecified atom stereocenters. The van der Waals surface area contributed by atoms with Crippen LogP contribution in [-0.4, -0.2) is 28.9 Å². The van der Waals surface area contributed by atoms with Gasteiger partial charge in [-0.25, -0.2) is 0 Å². The molecule has 0 spiro atoms. The number of hydrogen-bond acceptors (Lipinski definition) is 2. The Balaban J connectivity index is 0. The largest absolute Gasteiger partial charge is 0.379 e. The second kappa shape index (κ2) is 10.8. The fraction of sp³-hybridized carbons (Fsp3) is 0. The van der Waals surface area contributed by atoms with Crippen molar-refractivity contribution in [3.05, 3.63) is 4.91 Å². The van der Waals surface area contributed by atoms with Gasteiger partial charge in [-0.1, -0.05) is 0 Å². The van der Waals surface area contributed by atoms with E-state index < -0.39 is 0 Å². The minimum atomic E-state index is 0. The van der Waals surface area contributed by atoms with Crippen LogP contribution in [0.2, 0.25) is 0 Å². The second-order valence-electron chi connectivity index (χ2n) is 0.0816. The van der Waals surface area contributed by atoms with Gasteiger partial charge >= 0.3 is 0 Å². The molecule has 0 rings (SSSR count). The fourth-order valence-electron chi connectivity index (χ4n) is 0. The molecule has 0 aromatic heterocycles. The van der Waals surface area contributed by atoms with Crippen molar-refractivity contribution >= 4 is 23.7 Å². The Morgan fingerprint density at radius 3 is 1.75 bits per heavy atom. The first kappa shape index (κ1) is 8.89. The third-order valence-electron chi connectivity index (χ3n) is 0. The van der Waals surface area contributed by atoms with E-state index in [2.05, 4.69) is 0 Å². The average molecular weight is 175 g/mol. The van der Waals surface area contributed by atoms with Gasteiger partial charge < -0.3 is 5.21 Å². The van der Waals surface area contributed by atoms with Crippen molar-refractivity contribution in [1.29, 1.82) is 0 Å². The van der Waals surface area contributed by atoms with Gasteiger partial charge in [0.1, 0.15) is 0 Å². The van der Waals surface area contributed by atoms with E-state index in [0.717, 1.165) is 0 Å². The molecule has 3 nitrogen and oxygen atoms in total. The summed E-state index contributed by atoms with van der Waals surface area (Å²) in [5, 5.41) is 7.89. The maximum atomic E-state index is 8.11. The van der Waals surface area contributed by atoms with E-state index in [-0.39, 0.29) is 23.7 Å². The Kier molecular flexibility index (Phi) is 24.0. The molecule has 24 valence electrons. The van der Waals surface area contributed by atoms with Crippen LogP contribution in [0.1, 0.15) is 0 Å². The topological polar surface area (TPSA) is 49.7 Å². The third kappa shape index (κ3) is 86.2.